The zero-order valence-electron chi connectivity index (χ0n) is 14.8. The van der Waals surface area contributed by atoms with Gasteiger partial charge in [0.2, 0.25) is 5.91 Å². The Kier molecular flexibility index (Phi) is 5.01. The Hall–Kier alpha value is -2.19. The second-order valence-electron chi connectivity index (χ2n) is 6.54. The first kappa shape index (κ1) is 18.2. The Labute approximate surface area is 164 Å². The van der Waals surface area contributed by atoms with Crippen molar-refractivity contribution in [2.24, 2.45) is 0 Å². The molecule has 2 aromatic heterocycles. The molecule has 8 heteroatoms. The first-order valence-electron chi connectivity index (χ1n) is 8.82. The molecule has 3 N–H and O–H groups in total. The molecule has 0 spiro atoms. The molecule has 1 amide bonds. The van der Waals surface area contributed by atoms with E-state index in [4.69, 9.17) is 5.73 Å². The van der Waals surface area contributed by atoms with Crippen LogP contribution < -0.4 is 11.1 Å². The van der Waals surface area contributed by atoms with E-state index < -0.39 is 11.1 Å². The van der Waals surface area contributed by atoms with Crippen molar-refractivity contribution in [3.8, 4) is 0 Å². The van der Waals surface area contributed by atoms with Gasteiger partial charge in [0, 0.05) is 10.6 Å². The summed E-state index contributed by atoms with van der Waals surface area (Å²) in [6.07, 6.45) is 4.48. The van der Waals surface area contributed by atoms with Crippen molar-refractivity contribution >= 4 is 50.7 Å². The van der Waals surface area contributed by atoms with Gasteiger partial charge < -0.3 is 11.1 Å². The molecule has 4 rings (SSSR count). The fourth-order valence-corrected chi connectivity index (χ4v) is 5.34. The molecule has 1 aromatic carbocycles. The molecule has 2 heterocycles. The van der Waals surface area contributed by atoms with E-state index in [9.17, 15) is 9.18 Å². The monoisotopic (exact) mass is 402 g/mol. The third-order valence-corrected chi connectivity index (χ3v) is 6.71. The second kappa shape index (κ2) is 7.44. The molecule has 1 atom stereocenters. The minimum Gasteiger partial charge on any atom is -0.383 e. The number of fused-ring (bicyclic) bond motifs is 3. The van der Waals surface area contributed by atoms with Crippen molar-refractivity contribution in [1.82, 2.24) is 9.97 Å². The summed E-state index contributed by atoms with van der Waals surface area (Å²) in [5, 5.41) is 3.73. The lowest BCUT2D eigenvalue weighted by Gasteiger charge is -2.12. The number of hydrogen-bond acceptors (Lipinski definition) is 6. The number of anilines is 2. The maximum atomic E-state index is 13.3. The average Bonchev–Trinajstić information content (AvgIpc) is 3.00. The summed E-state index contributed by atoms with van der Waals surface area (Å²) < 4.78 is 13.3. The first-order chi connectivity index (χ1) is 13.0. The van der Waals surface area contributed by atoms with Crippen LogP contribution in [0.3, 0.4) is 0 Å². The molecule has 0 saturated carbocycles. The lowest BCUT2D eigenvalue weighted by atomic mass is 9.97. The van der Waals surface area contributed by atoms with Crippen LogP contribution in [0.1, 0.15) is 30.2 Å². The van der Waals surface area contributed by atoms with E-state index in [2.05, 4.69) is 15.3 Å². The van der Waals surface area contributed by atoms with Crippen LogP contribution in [0.2, 0.25) is 0 Å². The predicted octanol–water partition coefficient (Wildman–Crippen LogP) is 4.41. The molecule has 0 radical (unpaired) electrons. The number of nitrogens with zero attached hydrogens (tertiary/aromatic N) is 2. The van der Waals surface area contributed by atoms with Crippen LogP contribution in [0.25, 0.3) is 10.2 Å². The summed E-state index contributed by atoms with van der Waals surface area (Å²) in [6.45, 7) is 1.77. The highest BCUT2D eigenvalue weighted by Crippen LogP contribution is 2.38. The number of aromatic nitrogens is 2. The van der Waals surface area contributed by atoms with Gasteiger partial charge >= 0.3 is 0 Å². The number of nitrogens with two attached hydrogens (primary N) is 1. The Balaban J connectivity index is 1.53. The largest absolute Gasteiger partial charge is 0.383 e. The maximum absolute atomic E-state index is 13.3. The summed E-state index contributed by atoms with van der Waals surface area (Å²) >= 11 is 2.93. The summed E-state index contributed by atoms with van der Waals surface area (Å²) in [5.41, 5.74) is 7.94. The number of aryl methyl sites for hydroxylation is 2. The molecule has 0 bridgehead atoms. The number of halogens is 1. The topological polar surface area (TPSA) is 80.9 Å². The van der Waals surface area contributed by atoms with Gasteiger partial charge in [-0.05, 0) is 56.4 Å². The highest BCUT2D eigenvalue weighted by Gasteiger charge is 2.22. The summed E-state index contributed by atoms with van der Waals surface area (Å²) in [4.78, 5) is 23.7. The van der Waals surface area contributed by atoms with Crippen LogP contribution in [0.4, 0.5) is 15.9 Å². The SMILES string of the molecule is CC(Sc1nc(N)c2c3c(sc2n1)CCCC3)C(=O)Nc1cccc(F)c1. The average molecular weight is 403 g/mol. The van der Waals surface area contributed by atoms with E-state index in [-0.39, 0.29) is 5.91 Å². The van der Waals surface area contributed by atoms with Gasteiger partial charge in [0.15, 0.2) is 5.16 Å². The lowest BCUT2D eigenvalue weighted by molar-refractivity contribution is -0.115. The number of thioether (sulfide) groups is 1. The summed E-state index contributed by atoms with van der Waals surface area (Å²) in [6, 6.07) is 5.82. The van der Waals surface area contributed by atoms with Crippen LogP contribution in [-0.2, 0) is 17.6 Å². The summed E-state index contributed by atoms with van der Waals surface area (Å²) in [5.74, 6) is -0.144. The molecule has 3 aromatic rings. The van der Waals surface area contributed by atoms with Gasteiger partial charge in [0.25, 0.3) is 0 Å². The number of carbonyl (C=O) groups is 1. The minimum atomic E-state index is -0.445. The van der Waals surface area contributed by atoms with Crippen LogP contribution >= 0.6 is 23.1 Å². The van der Waals surface area contributed by atoms with Crippen molar-refractivity contribution in [2.45, 2.75) is 43.0 Å². The smallest absolute Gasteiger partial charge is 0.237 e. The zero-order chi connectivity index (χ0) is 19.0. The highest BCUT2D eigenvalue weighted by atomic mass is 32.2. The Morgan fingerprint density at radius 1 is 1.33 bits per heavy atom. The number of rotatable bonds is 4. The lowest BCUT2D eigenvalue weighted by Crippen LogP contribution is -2.22. The van der Waals surface area contributed by atoms with Crippen LogP contribution in [0.15, 0.2) is 29.4 Å². The van der Waals surface area contributed by atoms with Gasteiger partial charge in [-0.2, -0.15) is 0 Å². The Morgan fingerprint density at radius 3 is 2.96 bits per heavy atom. The molecule has 0 aliphatic heterocycles. The number of carbonyl (C=O) groups excluding carboxylic acids is 1. The van der Waals surface area contributed by atoms with E-state index in [0.29, 0.717) is 16.7 Å². The van der Waals surface area contributed by atoms with Crippen molar-refractivity contribution in [3.63, 3.8) is 0 Å². The van der Waals surface area contributed by atoms with Crippen molar-refractivity contribution in [1.29, 1.82) is 0 Å². The Morgan fingerprint density at radius 2 is 2.15 bits per heavy atom. The third-order valence-electron chi connectivity index (χ3n) is 4.57. The fourth-order valence-electron chi connectivity index (χ4n) is 3.24. The van der Waals surface area contributed by atoms with E-state index in [1.807, 2.05) is 0 Å². The van der Waals surface area contributed by atoms with Crippen molar-refractivity contribution in [3.05, 3.63) is 40.5 Å². The van der Waals surface area contributed by atoms with Gasteiger partial charge in [-0.3, -0.25) is 4.79 Å². The number of nitrogen functional groups attached to an aromatic ring is 1. The molecular weight excluding hydrogens is 383 g/mol. The molecule has 1 aliphatic rings. The van der Waals surface area contributed by atoms with Gasteiger partial charge in [0.05, 0.1) is 10.6 Å². The number of benzene rings is 1. The predicted molar refractivity (Wildman–Crippen MR) is 109 cm³/mol. The number of amides is 1. The van der Waals surface area contributed by atoms with Gasteiger partial charge in [0.1, 0.15) is 16.5 Å². The maximum Gasteiger partial charge on any atom is 0.237 e. The van der Waals surface area contributed by atoms with Gasteiger partial charge in [-0.1, -0.05) is 17.8 Å². The van der Waals surface area contributed by atoms with Crippen LogP contribution in [-0.4, -0.2) is 21.1 Å². The highest BCUT2D eigenvalue weighted by molar-refractivity contribution is 8.00. The van der Waals surface area contributed by atoms with E-state index >= 15 is 0 Å². The zero-order valence-corrected chi connectivity index (χ0v) is 16.4. The normalized spacial score (nSPS) is 14.7. The molecule has 5 nitrogen and oxygen atoms in total. The number of nitrogens with one attached hydrogen (secondary N) is 1. The molecule has 27 heavy (non-hydrogen) atoms. The van der Waals surface area contributed by atoms with E-state index in [0.717, 1.165) is 23.1 Å². The third kappa shape index (κ3) is 3.77. The molecular formula is C19H19FN4OS2. The summed E-state index contributed by atoms with van der Waals surface area (Å²) in [7, 11) is 0. The fraction of sp³-hybridized carbons (Fsp3) is 0.316. The quantitative estimate of drug-likeness (QED) is 0.499. The molecule has 1 unspecified atom stereocenters. The van der Waals surface area contributed by atoms with Crippen LogP contribution in [0.5, 0.6) is 0 Å². The molecule has 0 fully saturated rings. The van der Waals surface area contributed by atoms with E-state index in [1.54, 1.807) is 30.4 Å². The van der Waals surface area contributed by atoms with Crippen LogP contribution in [0, 0.1) is 5.82 Å². The number of thiophene rings is 1. The van der Waals surface area contributed by atoms with Gasteiger partial charge in [-0.15, -0.1) is 11.3 Å². The van der Waals surface area contributed by atoms with Crippen molar-refractivity contribution < 1.29 is 9.18 Å². The molecule has 1 aliphatic carbocycles. The van der Waals surface area contributed by atoms with Gasteiger partial charge in [-0.25, -0.2) is 14.4 Å². The molecule has 140 valence electrons. The molecule has 0 saturated heterocycles. The van der Waals surface area contributed by atoms with E-state index in [1.165, 1.54) is 47.2 Å². The van der Waals surface area contributed by atoms with Crippen molar-refractivity contribution in [2.75, 3.05) is 11.1 Å². The first-order valence-corrected chi connectivity index (χ1v) is 10.5. The minimum absolute atomic E-state index is 0.238. The number of hydrogen-bond donors (Lipinski definition) is 2. The Bertz CT molecular complexity index is 1020. The standard InChI is InChI=1S/C19H19FN4OS2/c1-10(17(25)22-12-6-4-5-11(20)9-12)26-19-23-16(21)15-13-7-2-3-8-14(13)27-18(15)24-19/h4-6,9-10H,2-3,7-8H2,1H3,(H,22,25)(H2,21,23,24). The second-order valence-corrected chi connectivity index (χ2v) is 8.93.